The number of nitrogens with one attached hydrogen (secondary N) is 1. The minimum atomic E-state index is -4.56. The van der Waals surface area contributed by atoms with Crippen LogP contribution in [0.4, 0.5) is 22.6 Å². The van der Waals surface area contributed by atoms with E-state index < -0.39 is 23.6 Å². The molecule has 4 nitrogen and oxygen atoms in total. The third kappa shape index (κ3) is 5.72. The molecule has 0 spiro atoms. The number of hydrogen-bond donors (Lipinski definition) is 1. The van der Waals surface area contributed by atoms with E-state index in [0.717, 1.165) is 30.7 Å². The van der Waals surface area contributed by atoms with Crippen molar-refractivity contribution in [3.63, 3.8) is 0 Å². The van der Waals surface area contributed by atoms with Crippen LogP contribution in [-0.4, -0.2) is 29.8 Å². The standard InChI is InChI=1S/C20H21F4N3OS/c1-4-12(5-2)14(10-17(25-3)20(22,23)24)16-6-7-18(29-16)27-19(28)13-8-9-26-11-15(13)21/h6-12H,4-5H2,1-3H3,(H,27,28). The Hall–Kier alpha value is -2.55. The lowest BCUT2D eigenvalue weighted by atomic mass is 9.91. The van der Waals surface area contributed by atoms with Gasteiger partial charge >= 0.3 is 6.18 Å². The lowest BCUT2D eigenvalue weighted by molar-refractivity contribution is -0.0577. The lowest BCUT2D eigenvalue weighted by Gasteiger charge is -2.17. The normalized spacial score (nSPS) is 13.1. The van der Waals surface area contributed by atoms with Crippen LogP contribution in [0.5, 0.6) is 0 Å². The molecule has 1 amide bonds. The number of nitrogens with zero attached hydrogens (tertiary/aromatic N) is 2. The largest absolute Gasteiger partial charge is 0.432 e. The van der Waals surface area contributed by atoms with Crippen molar-refractivity contribution in [2.24, 2.45) is 10.9 Å². The highest BCUT2D eigenvalue weighted by molar-refractivity contribution is 7.17. The molecule has 156 valence electrons. The Balaban J connectivity index is 2.36. The first kappa shape index (κ1) is 22.7. The molecule has 2 rings (SSSR count). The number of pyridine rings is 1. The van der Waals surface area contributed by atoms with Crippen LogP contribution >= 0.6 is 11.3 Å². The number of carbonyl (C=O) groups excluding carboxylic acids is 1. The van der Waals surface area contributed by atoms with E-state index in [1.54, 1.807) is 12.1 Å². The average molecular weight is 427 g/mol. The maximum absolute atomic E-state index is 13.7. The third-order valence-corrected chi connectivity index (χ3v) is 5.44. The number of amides is 1. The fourth-order valence-electron chi connectivity index (χ4n) is 2.84. The molecule has 2 aromatic rings. The van der Waals surface area contributed by atoms with Crippen molar-refractivity contribution in [2.75, 3.05) is 12.4 Å². The molecule has 0 radical (unpaired) electrons. The van der Waals surface area contributed by atoms with Crippen LogP contribution in [0.25, 0.3) is 5.57 Å². The van der Waals surface area contributed by atoms with Gasteiger partial charge in [0.2, 0.25) is 0 Å². The Labute approximate surface area is 170 Å². The number of rotatable bonds is 7. The summed E-state index contributed by atoms with van der Waals surface area (Å²) in [5.41, 5.74) is -0.617. The van der Waals surface area contributed by atoms with Crippen LogP contribution in [0.2, 0.25) is 0 Å². The first-order valence-electron chi connectivity index (χ1n) is 8.97. The van der Waals surface area contributed by atoms with Gasteiger partial charge in [-0.2, -0.15) is 13.2 Å². The van der Waals surface area contributed by atoms with E-state index in [9.17, 15) is 22.4 Å². The van der Waals surface area contributed by atoms with Crippen LogP contribution in [0, 0.1) is 11.7 Å². The highest BCUT2D eigenvalue weighted by Crippen LogP contribution is 2.36. The van der Waals surface area contributed by atoms with E-state index in [4.69, 9.17) is 0 Å². The number of allylic oxidation sites excluding steroid dienone is 2. The summed E-state index contributed by atoms with van der Waals surface area (Å²) in [6, 6.07) is 4.49. The number of anilines is 1. The van der Waals surface area contributed by atoms with Crippen molar-refractivity contribution < 1.29 is 22.4 Å². The van der Waals surface area contributed by atoms with Gasteiger partial charge in [-0.1, -0.05) is 13.8 Å². The molecule has 0 aliphatic heterocycles. The van der Waals surface area contributed by atoms with E-state index in [1.807, 2.05) is 13.8 Å². The van der Waals surface area contributed by atoms with Gasteiger partial charge in [-0.05, 0) is 48.6 Å². The van der Waals surface area contributed by atoms with Crippen LogP contribution < -0.4 is 5.32 Å². The molecule has 0 bridgehead atoms. The summed E-state index contributed by atoms with van der Waals surface area (Å²) in [4.78, 5) is 19.8. The molecule has 2 aromatic heterocycles. The maximum atomic E-state index is 13.7. The zero-order valence-electron chi connectivity index (χ0n) is 16.2. The Morgan fingerprint density at radius 2 is 1.97 bits per heavy atom. The molecule has 0 saturated heterocycles. The van der Waals surface area contributed by atoms with Crippen LogP contribution in [-0.2, 0) is 0 Å². The highest BCUT2D eigenvalue weighted by Gasteiger charge is 2.34. The van der Waals surface area contributed by atoms with Crippen molar-refractivity contribution in [2.45, 2.75) is 32.9 Å². The Kier molecular flexibility index (Phi) is 7.66. The Bertz CT molecular complexity index is 914. The minimum absolute atomic E-state index is 0.103. The Morgan fingerprint density at radius 3 is 2.52 bits per heavy atom. The fourth-order valence-corrected chi connectivity index (χ4v) is 3.83. The van der Waals surface area contributed by atoms with E-state index in [2.05, 4.69) is 15.3 Å². The van der Waals surface area contributed by atoms with Gasteiger partial charge in [0.05, 0.1) is 16.8 Å². The van der Waals surface area contributed by atoms with Crippen LogP contribution in [0.15, 0.2) is 41.7 Å². The van der Waals surface area contributed by atoms with Crippen molar-refractivity contribution in [3.05, 3.63) is 52.9 Å². The zero-order chi connectivity index (χ0) is 21.6. The second kappa shape index (κ2) is 9.78. The second-order valence-electron chi connectivity index (χ2n) is 6.19. The third-order valence-electron chi connectivity index (χ3n) is 4.39. The molecule has 1 N–H and O–H groups in total. The van der Waals surface area contributed by atoms with E-state index in [0.29, 0.717) is 28.3 Å². The molecule has 2 heterocycles. The van der Waals surface area contributed by atoms with E-state index >= 15 is 0 Å². The van der Waals surface area contributed by atoms with Crippen molar-refractivity contribution in [1.29, 1.82) is 0 Å². The van der Waals surface area contributed by atoms with Gasteiger partial charge in [-0.25, -0.2) is 4.39 Å². The number of alkyl halides is 3. The van der Waals surface area contributed by atoms with Crippen molar-refractivity contribution in [1.82, 2.24) is 4.98 Å². The summed E-state index contributed by atoms with van der Waals surface area (Å²) >= 11 is 1.13. The van der Waals surface area contributed by atoms with Crippen LogP contribution in [0.1, 0.15) is 41.9 Å². The molecular formula is C20H21F4N3OS. The summed E-state index contributed by atoms with van der Waals surface area (Å²) in [6.07, 6.45) is 0.0504. The monoisotopic (exact) mass is 427 g/mol. The summed E-state index contributed by atoms with van der Waals surface area (Å²) in [6.45, 7) is 3.81. The van der Waals surface area contributed by atoms with E-state index in [-0.39, 0.29) is 11.5 Å². The summed E-state index contributed by atoms with van der Waals surface area (Å²) < 4.78 is 53.3. The SMILES string of the molecule is CCC(CC)C(=CC(=NC)C(F)(F)F)c1ccc(NC(=O)c2ccncc2F)s1. The molecule has 0 saturated carbocycles. The number of carbonyl (C=O) groups is 1. The quantitative estimate of drug-likeness (QED) is 0.436. The van der Waals surface area contributed by atoms with Gasteiger partial charge in [-0.15, -0.1) is 11.3 Å². The van der Waals surface area contributed by atoms with Gasteiger partial charge in [0, 0.05) is 18.1 Å². The molecule has 29 heavy (non-hydrogen) atoms. The van der Waals surface area contributed by atoms with Gasteiger partial charge in [0.15, 0.2) is 5.82 Å². The lowest BCUT2D eigenvalue weighted by Crippen LogP contribution is -2.21. The minimum Gasteiger partial charge on any atom is -0.313 e. The number of halogens is 4. The molecule has 0 aliphatic rings. The fraction of sp³-hybridized carbons (Fsp3) is 0.350. The van der Waals surface area contributed by atoms with Gasteiger partial charge in [-0.3, -0.25) is 14.8 Å². The van der Waals surface area contributed by atoms with Gasteiger partial charge in [0.1, 0.15) is 5.71 Å². The molecule has 9 heteroatoms. The maximum Gasteiger partial charge on any atom is 0.432 e. The van der Waals surface area contributed by atoms with Crippen LogP contribution in [0.3, 0.4) is 0 Å². The zero-order valence-corrected chi connectivity index (χ0v) is 17.0. The Morgan fingerprint density at radius 1 is 1.28 bits per heavy atom. The predicted molar refractivity (Wildman–Crippen MR) is 108 cm³/mol. The molecule has 0 aromatic carbocycles. The molecule has 0 fully saturated rings. The van der Waals surface area contributed by atoms with Gasteiger partial charge in [0.25, 0.3) is 5.91 Å². The topological polar surface area (TPSA) is 54.4 Å². The summed E-state index contributed by atoms with van der Waals surface area (Å²) in [5, 5.41) is 2.98. The number of aromatic nitrogens is 1. The first-order valence-corrected chi connectivity index (χ1v) is 9.79. The highest BCUT2D eigenvalue weighted by atomic mass is 32.1. The predicted octanol–water partition coefficient (Wildman–Crippen LogP) is 5.99. The molecule has 0 aliphatic carbocycles. The average Bonchev–Trinajstić information content (AvgIpc) is 3.12. The smallest absolute Gasteiger partial charge is 0.313 e. The van der Waals surface area contributed by atoms with Crippen molar-refractivity contribution >= 4 is 33.5 Å². The second-order valence-corrected chi connectivity index (χ2v) is 7.28. The molecule has 0 unspecified atom stereocenters. The molecule has 0 atom stereocenters. The first-order chi connectivity index (χ1) is 13.7. The summed E-state index contributed by atoms with van der Waals surface area (Å²) in [5.74, 6) is -1.51. The van der Waals surface area contributed by atoms with Gasteiger partial charge < -0.3 is 5.32 Å². The number of hydrogen-bond acceptors (Lipinski definition) is 4. The van der Waals surface area contributed by atoms with E-state index in [1.165, 1.54) is 12.3 Å². The molecular weight excluding hydrogens is 406 g/mol. The number of thiophene rings is 1. The van der Waals surface area contributed by atoms with Crippen molar-refractivity contribution in [3.8, 4) is 0 Å². The number of aliphatic imine (C=N–C) groups is 1. The summed E-state index contributed by atoms with van der Waals surface area (Å²) in [7, 11) is 1.10.